The van der Waals surface area contributed by atoms with Gasteiger partial charge in [0.25, 0.3) is 0 Å². The molecule has 2 aromatic carbocycles. The molecule has 0 saturated carbocycles. The van der Waals surface area contributed by atoms with E-state index in [1.165, 1.54) is 11.4 Å². The third-order valence-electron chi connectivity index (χ3n) is 4.98. The quantitative estimate of drug-likeness (QED) is 0.658. The van der Waals surface area contributed by atoms with Crippen molar-refractivity contribution in [2.24, 2.45) is 0 Å². The number of para-hydroxylation sites is 2. The molecule has 0 N–H and O–H groups in total. The van der Waals surface area contributed by atoms with Crippen LogP contribution < -0.4 is 9.47 Å². The first kappa shape index (κ1) is 18.7. The Kier molecular flexibility index (Phi) is 5.19. The topological polar surface area (TPSA) is 68.7 Å². The van der Waals surface area contributed by atoms with E-state index in [0.717, 1.165) is 16.7 Å². The first-order valence-corrected chi connectivity index (χ1v) is 10.7. The number of hydrogen-bond acceptors (Lipinski definition) is 5. The zero-order valence-electron chi connectivity index (χ0n) is 15.6. The molecule has 2 heterocycles. The smallest absolute Gasteiger partial charge is 0.246 e. The third kappa shape index (κ3) is 3.55. The SMILES string of the molecule is COc1ccccc1S(=O)(=O)N1CCC(Oc2cccc3cccnc23)CC1. The summed E-state index contributed by atoms with van der Waals surface area (Å²) < 4.78 is 38.9. The van der Waals surface area contributed by atoms with Crippen molar-refractivity contribution < 1.29 is 17.9 Å². The van der Waals surface area contributed by atoms with Crippen LogP contribution in [0.2, 0.25) is 0 Å². The normalized spacial score (nSPS) is 16.2. The zero-order valence-corrected chi connectivity index (χ0v) is 16.4. The Morgan fingerprint density at radius 1 is 0.964 bits per heavy atom. The van der Waals surface area contributed by atoms with Gasteiger partial charge in [-0.1, -0.05) is 30.3 Å². The van der Waals surface area contributed by atoms with Gasteiger partial charge >= 0.3 is 0 Å². The molecule has 0 spiro atoms. The van der Waals surface area contributed by atoms with E-state index in [0.29, 0.717) is 31.7 Å². The fourth-order valence-electron chi connectivity index (χ4n) is 3.51. The molecule has 7 heteroatoms. The Hall–Kier alpha value is -2.64. The van der Waals surface area contributed by atoms with Crippen molar-refractivity contribution >= 4 is 20.9 Å². The highest BCUT2D eigenvalue weighted by Gasteiger charge is 2.32. The molecule has 1 aliphatic rings. The second-order valence-corrected chi connectivity index (χ2v) is 8.61. The van der Waals surface area contributed by atoms with Crippen molar-refractivity contribution in [3.05, 3.63) is 60.8 Å². The van der Waals surface area contributed by atoms with E-state index >= 15 is 0 Å². The van der Waals surface area contributed by atoms with E-state index in [1.807, 2.05) is 30.3 Å². The van der Waals surface area contributed by atoms with Gasteiger partial charge in [-0.2, -0.15) is 4.31 Å². The van der Waals surface area contributed by atoms with E-state index in [4.69, 9.17) is 9.47 Å². The minimum Gasteiger partial charge on any atom is -0.495 e. The maximum absolute atomic E-state index is 13.0. The van der Waals surface area contributed by atoms with E-state index in [2.05, 4.69) is 4.98 Å². The van der Waals surface area contributed by atoms with Crippen LogP contribution in [0.25, 0.3) is 10.9 Å². The highest BCUT2D eigenvalue weighted by Crippen LogP contribution is 2.30. The monoisotopic (exact) mass is 398 g/mol. The van der Waals surface area contributed by atoms with Crippen LogP contribution in [0, 0.1) is 0 Å². The Morgan fingerprint density at radius 3 is 2.46 bits per heavy atom. The van der Waals surface area contributed by atoms with Crippen molar-refractivity contribution in [1.29, 1.82) is 0 Å². The summed E-state index contributed by atoms with van der Waals surface area (Å²) in [5.74, 6) is 1.10. The molecule has 1 fully saturated rings. The molecule has 146 valence electrons. The first-order valence-electron chi connectivity index (χ1n) is 9.23. The lowest BCUT2D eigenvalue weighted by molar-refractivity contribution is 0.136. The molecule has 0 aliphatic carbocycles. The summed E-state index contributed by atoms with van der Waals surface area (Å²) in [6.45, 7) is 0.812. The van der Waals surface area contributed by atoms with Gasteiger partial charge in [0.1, 0.15) is 28.0 Å². The number of methoxy groups -OCH3 is 1. The Labute approximate surface area is 164 Å². The molecule has 0 bridgehead atoms. The van der Waals surface area contributed by atoms with E-state index in [1.54, 1.807) is 30.5 Å². The largest absolute Gasteiger partial charge is 0.495 e. The molecule has 6 nitrogen and oxygen atoms in total. The van der Waals surface area contributed by atoms with Crippen LogP contribution in [0.4, 0.5) is 0 Å². The van der Waals surface area contributed by atoms with E-state index in [-0.39, 0.29) is 11.0 Å². The summed E-state index contributed by atoms with van der Waals surface area (Å²) >= 11 is 0. The van der Waals surface area contributed by atoms with Gasteiger partial charge in [-0.15, -0.1) is 0 Å². The van der Waals surface area contributed by atoms with Crippen LogP contribution in [0.1, 0.15) is 12.8 Å². The molecule has 3 aromatic rings. The predicted molar refractivity (Wildman–Crippen MR) is 107 cm³/mol. The second kappa shape index (κ2) is 7.77. The van der Waals surface area contributed by atoms with Crippen LogP contribution in [0.5, 0.6) is 11.5 Å². The van der Waals surface area contributed by atoms with Gasteiger partial charge in [0.05, 0.1) is 7.11 Å². The van der Waals surface area contributed by atoms with Crippen LogP contribution in [0.15, 0.2) is 65.7 Å². The number of rotatable bonds is 5. The number of aromatic nitrogens is 1. The fourth-order valence-corrected chi connectivity index (χ4v) is 5.14. The van der Waals surface area contributed by atoms with Crippen molar-refractivity contribution in [3.63, 3.8) is 0 Å². The van der Waals surface area contributed by atoms with E-state index in [9.17, 15) is 8.42 Å². The standard InChI is InChI=1S/C21H22N2O4S/c1-26-18-8-2-3-10-20(18)28(24,25)23-14-11-17(12-15-23)27-19-9-4-6-16-7-5-13-22-21(16)19/h2-10,13,17H,11-12,14-15H2,1H3. The average Bonchev–Trinajstić information content (AvgIpc) is 2.74. The molecular formula is C21H22N2O4S. The minimum atomic E-state index is -3.60. The molecule has 4 rings (SSSR count). The molecule has 1 aliphatic heterocycles. The van der Waals surface area contributed by atoms with Crippen LogP contribution in [-0.4, -0.2) is 44.0 Å². The lowest BCUT2D eigenvalue weighted by Crippen LogP contribution is -2.41. The highest BCUT2D eigenvalue weighted by molar-refractivity contribution is 7.89. The maximum Gasteiger partial charge on any atom is 0.246 e. The van der Waals surface area contributed by atoms with Crippen molar-refractivity contribution in [2.75, 3.05) is 20.2 Å². The van der Waals surface area contributed by atoms with Crippen LogP contribution >= 0.6 is 0 Å². The summed E-state index contributed by atoms with van der Waals surface area (Å²) in [6, 6.07) is 16.5. The zero-order chi connectivity index (χ0) is 19.6. The molecular weight excluding hydrogens is 376 g/mol. The van der Waals surface area contributed by atoms with E-state index < -0.39 is 10.0 Å². The van der Waals surface area contributed by atoms with Gasteiger partial charge in [0, 0.05) is 24.7 Å². The van der Waals surface area contributed by atoms with Crippen molar-refractivity contribution in [1.82, 2.24) is 9.29 Å². The van der Waals surface area contributed by atoms with Crippen molar-refractivity contribution in [3.8, 4) is 11.5 Å². The number of benzene rings is 2. The summed E-state index contributed by atoms with van der Waals surface area (Å²) in [5, 5.41) is 1.02. The number of nitrogens with zero attached hydrogens (tertiary/aromatic N) is 2. The number of sulfonamides is 1. The van der Waals surface area contributed by atoms with Crippen molar-refractivity contribution in [2.45, 2.75) is 23.8 Å². The maximum atomic E-state index is 13.0. The number of hydrogen-bond donors (Lipinski definition) is 0. The van der Waals surface area contributed by atoms with Gasteiger partial charge in [-0.3, -0.25) is 4.98 Å². The number of piperidine rings is 1. The highest BCUT2D eigenvalue weighted by atomic mass is 32.2. The molecule has 0 amide bonds. The van der Waals surface area contributed by atoms with Gasteiger partial charge < -0.3 is 9.47 Å². The molecule has 1 aromatic heterocycles. The predicted octanol–water partition coefficient (Wildman–Crippen LogP) is 3.48. The van der Waals surface area contributed by atoms with Gasteiger partial charge in [-0.05, 0) is 37.1 Å². The summed E-state index contributed by atoms with van der Waals surface area (Å²) in [6.07, 6.45) is 2.95. The number of pyridine rings is 1. The Bertz CT molecular complexity index is 1070. The van der Waals surface area contributed by atoms with Crippen LogP contribution in [-0.2, 0) is 10.0 Å². The second-order valence-electron chi connectivity index (χ2n) is 6.70. The molecule has 0 atom stereocenters. The van der Waals surface area contributed by atoms with Gasteiger partial charge in [0.2, 0.25) is 10.0 Å². The molecule has 0 radical (unpaired) electrons. The third-order valence-corrected chi connectivity index (χ3v) is 6.92. The number of ether oxygens (including phenoxy) is 2. The van der Waals surface area contributed by atoms with Gasteiger partial charge in [0.15, 0.2) is 0 Å². The Balaban J connectivity index is 1.47. The summed E-state index contributed by atoms with van der Waals surface area (Å²) in [5.41, 5.74) is 0.828. The first-order chi connectivity index (χ1) is 13.6. The molecule has 1 saturated heterocycles. The average molecular weight is 398 g/mol. The lowest BCUT2D eigenvalue weighted by atomic mass is 10.1. The number of fused-ring (bicyclic) bond motifs is 1. The fraction of sp³-hybridized carbons (Fsp3) is 0.286. The molecule has 0 unspecified atom stereocenters. The summed E-state index contributed by atoms with van der Waals surface area (Å²) in [4.78, 5) is 4.62. The lowest BCUT2D eigenvalue weighted by Gasteiger charge is -2.31. The minimum absolute atomic E-state index is 0.0447. The Morgan fingerprint density at radius 2 is 1.68 bits per heavy atom. The molecule has 28 heavy (non-hydrogen) atoms. The van der Waals surface area contributed by atoms with Gasteiger partial charge in [-0.25, -0.2) is 8.42 Å². The van der Waals surface area contributed by atoms with Crippen LogP contribution in [0.3, 0.4) is 0 Å². The summed E-state index contributed by atoms with van der Waals surface area (Å²) in [7, 11) is -2.12.